The molecule has 0 aliphatic carbocycles. The second-order valence-corrected chi connectivity index (χ2v) is 10.8. The molecule has 32 heavy (non-hydrogen) atoms. The van der Waals surface area contributed by atoms with E-state index in [-0.39, 0.29) is 10.8 Å². The normalized spacial score (nSPS) is 19.0. The van der Waals surface area contributed by atoms with Gasteiger partial charge in [0.1, 0.15) is 5.82 Å². The van der Waals surface area contributed by atoms with Gasteiger partial charge < -0.3 is 0 Å². The summed E-state index contributed by atoms with van der Waals surface area (Å²) in [7, 11) is -3.72. The molecular formula is C23H24FN5O2S. The van der Waals surface area contributed by atoms with Crippen molar-refractivity contribution in [2.45, 2.75) is 37.2 Å². The minimum Gasteiger partial charge on any atom is -0.285 e. The van der Waals surface area contributed by atoms with Gasteiger partial charge in [-0.2, -0.15) is 14.5 Å². The Bertz CT molecular complexity index is 1360. The number of hydrogen-bond donors (Lipinski definition) is 1. The molecule has 0 saturated carbocycles. The third-order valence-corrected chi connectivity index (χ3v) is 8.29. The quantitative estimate of drug-likeness (QED) is 0.494. The molecular weight excluding hydrogens is 429 g/mol. The smallest absolute Gasteiger partial charge is 0.243 e. The highest BCUT2D eigenvalue weighted by atomic mass is 32.2. The average Bonchev–Trinajstić information content (AvgIpc) is 3.47. The molecule has 1 fully saturated rings. The zero-order valence-electron chi connectivity index (χ0n) is 17.9. The van der Waals surface area contributed by atoms with E-state index in [2.05, 4.69) is 21.4 Å². The fourth-order valence-corrected chi connectivity index (χ4v) is 6.57. The van der Waals surface area contributed by atoms with Gasteiger partial charge in [0.15, 0.2) is 0 Å². The molecule has 0 bridgehead atoms. The molecule has 166 valence electrons. The third-order valence-electron chi connectivity index (χ3n) is 6.19. The molecule has 7 nitrogen and oxygen atoms in total. The van der Waals surface area contributed by atoms with Crippen LogP contribution < -0.4 is 0 Å². The lowest BCUT2D eigenvalue weighted by Crippen LogP contribution is -2.42. The number of fused-ring (bicyclic) bond motifs is 1. The Morgan fingerprint density at radius 1 is 1.12 bits per heavy atom. The first-order chi connectivity index (χ1) is 15.2. The zero-order valence-corrected chi connectivity index (χ0v) is 18.7. The minimum absolute atomic E-state index is 0.108. The molecule has 1 aliphatic heterocycles. The van der Waals surface area contributed by atoms with E-state index in [0.29, 0.717) is 19.5 Å². The summed E-state index contributed by atoms with van der Waals surface area (Å²) in [5, 5.41) is 12.4. The predicted octanol–water partition coefficient (Wildman–Crippen LogP) is 4.05. The van der Waals surface area contributed by atoms with E-state index >= 15 is 0 Å². The highest BCUT2D eigenvalue weighted by Gasteiger charge is 2.45. The summed E-state index contributed by atoms with van der Waals surface area (Å²) in [6, 6.07) is 11.2. The molecule has 0 spiro atoms. The van der Waals surface area contributed by atoms with Gasteiger partial charge in [0, 0.05) is 35.8 Å². The standard InChI is InChI=1S/C23H24FN5O2S/c1-23(2)10-16(15-29(23)32(30,31)21-6-4-20(24)5-7-21)14-28-22-8-3-17(9-18(22)13-27-28)19-11-25-26-12-19/h3-9,11-13,16H,10,14-15H2,1-2H3,(H,25,26). The van der Waals surface area contributed by atoms with Crippen molar-refractivity contribution in [3.05, 3.63) is 66.9 Å². The van der Waals surface area contributed by atoms with E-state index in [1.165, 1.54) is 24.3 Å². The summed E-state index contributed by atoms with van der Waals surface area (Å²) in [5.74, 6) is -0.346. The number of hydrogen-bond acceptors (Lipinski definition) is 4. The molecule has 1 unspecified atom stereocenters. The first-order valence-electron chi connectivity index (χ1n) is 10.5. The van der Waals surface area contributed by atoms with E-state index in [4.69, 9.17) is 0 Å². The Morgan fingerprint density at radius 3 is 2.62 bits per heavy atom. The van der Waals surface area contributed by atoms with E-state index in [9.17, 15) is 12.8 Å². The van der Waals surface area contributed by atoms with Crippen molar-refractivity contribution < 1.29 is 12.8 Å². The Morgan fingerprint density at radius 2 is 1.91 bits per heavy atom. The van der Waals surface area contributed by atoms with Crippen molar-refractivity contribution in [3.63, 3.8) is 0 Å². The van der Waals surface area contributed by atoms with Crippen molar-refractivity contribution in [3.8, 4) is 11.1 Å². The molecule has 2 aromatic heterocycles. The van der Waals surface area contributed by atoms with Crippen molar-refractivity contribution in [2.24, 2.45) is 5.92 Å². The SMILES string of the molecule is CC1(C)CC(Cn2ncc3cc(-c4cn[nH]c4)ccc32)CN1S(=O)(=O)c1ccc(F)cc1. The van der Waals surface area contributed by atoms with Gasteiger partial charge >= 0.3 is 0 Å². The summed E-state index contributed by atoms with van der Waals surface area (Å²) in [6.07, 6.45) is 6.18. The Kier molecular flexibility index (Phi) is 4.90. The van der Waals surface area contributed by atoms with Crippen LogP contribution in [0.2, 0.25) is 0 Å². The van der Waals surface area contributed by atoms with Crippen molar-refractivity contribution in [2.75, 3.05) is 6.54 Å². The number of nitrogens with one attached hydrogen (secondary N) is 1. The molecule has 9 heteroatoms. The second kappa shape index (κ2) is 7.53. The Balaban J connectivity index is 1.39. The van der Waals surface area contributed by atoms with Crippen LogP contribution in [0, 0.1) is 11.7 Å². The van der Waals surface area contributed by atoms with Crippen LogP contribution in [0.5, 0.6) is 0 Å². The number of aromatic amines is 1. The Hall–Kier alpha value is -3.04. The van der Waals surface area contributed by atoms with Crippen molar-refractivity contribution in [1.82, 2.24) is 24.3 Å². The van der Waals surface area contributed by atoms with E-state index in [0.717, 1.165) is 22.0 Å². The number of sulfonamides is 1. The maximum atomic E-state index is 13.3. The molecule has 5 rings (SSSR count). The van der Waals surface area contributed by atoms with Gasteiger partial charge in [0.25, 0.3) is 0 Å². The maximum absolute atomic E-state index is 13.3. The monoisotopic (exact) mass is 453 g/mol. The van der Waals surface area contributed by atoms with Crippen LogP contribution in [0.4, 0.5) is 4.39 Å². The topological polar surface area (TPSA) is 83.9 Å². The number of benzene rings is 2. The lowest BCUT2D eigenvalue weighted by Gasteiger charge is -2.30. The van der Waals surface area contributed by atoms with E-state index < -0.39 is 21.4 Å². The summed E-state index contributed by atoms with van der Waals surface area (Å²) >= 11 is 0. The van der Waals surface area contributed by atoms with Gasteiger partial charge in [0.05, 0.1) is 22.8 Å². The van der Waals surface area contributed by atoms with E-state index in [1.807, 2.05) is 43.1 Å². The van der Waals surface area contributed by atoms with Crippen LogP contribution in [-0.4, -0.2) is 44.8 Å². The predicted molar refractivity (Wildman–Crippen MR) is 120 cm³/mol. The summed E-state index contributed by atoms with van der Waals surface area (Å²) < 4.78 is 43.3. The highest BCUT2D eigenvalue weighted by Crippen LogP contribution is 2.38. The molecule has 3 heterocycles. The fraction of sp³-hybridized carbons (Fsp3) is 0.304. The number of H-pyrrole nitrogens is 1. The average molecular weight is 454 g/mol. The number of halogens is 1. The molecule has 0 amide bonds. The zero-order chi connectivity index (χ0) is 22.5. The van der Waals surface area contributed by atoms with Gasteiger partial charge in [-0.3, -0.25) is 9.78 Å². The van der Waals surface area contributed by atoms with Crippen molar-refractivity contribution >= 4 is 20.9 Å². The third kappa shape index (κ3) is 3.61. The van der Waals surface area contributed by atoms with Crippen LogP contribution in [0.3, 0.4) is 0 Å². The largest absolute Gasteiger partial charge is 0.285 e. The van der Waals surface area contributed by atoms with E-state index in [1.54, 1.807) is 10.5 Å². The lowest BCUT2D eigenvalue weighted by atomic mass is 9.97. The molecule has 1 atom stereocenters. The number of nitrogens with zero attached hydrogens (tertiary/aromatic N) is 4. The lowest BCUT2D eigenvalue weighted by molar-refractivity contribution is 0.291. The van der Waals surface area contributed by atoms with Crippen LogP contribution in [0.25, 0.3) is 22.0 Å². The van der Waals surface area contributed by atoms with Gasteiger partial charge in [0.2, 0.25) is 10.0 Å². The molecule has 1 aliphatic rings. The van der Waals surface area contributed by atoms with Crippen LogP contribution in [0.15, 0.2) is 66.0 Å². The highest BCUT2D eigenvalue weighted by molar-refractivity contribution is 7.89. The summed E-state index contributed by atoms with van der Waals surface area (Å²) in [6.45, 7) is 4.88. The summed E-state index contributed by atoms with van der Waals surface area (Å²) in [4.78, 5) is 0.115. The Labute approximate surface area is 185 Å². The van der Waals surface area contributed by atoms with Gasteiger partial charge in [-0.25, -0.2) is 12.8 Å². The van der Waals surface area contributed by atoms with Crippen molar-refractivity contribution in [1.29, 1.82) is 0 Å². The van der Waals surface area contributed by atoms with Gasteiger partial charge in [-0.05, 0) is 68.1 Å². The molecule has 1 N–H and O–H groups in total. The maximum Gasteiger partial charge on any atom is 0.243 e. The first-order valence-corrected chi connectivity index (χ1v) is 11.9. The molecule has 0 radical (unpaired) electrons. The summed E-state index contributed by atoms with van der Waals surface area (Å²) in [5.41, 5.74) is 2.54. The molecule has 1 saturated heterocycles. The first kappa shape index (κ1) is 20.8. The molecule has 2 aromatic carbocycles. The number of rotatable bonds is 5. The van der Waals surface area contributed by atoms with Gasteiger partial charge in [-0.15, -0.1) is 0 Å². The van der Waals surface area contributed by atoms with Crippen LogP contribution in [-0.2, 0) is 16.6 Å². The van der Waals surface area contributed by atoms with Crippen LogP contribution in [0.1, 0.15) is 20.3 Å². The molecule has 4 aromatic rings. The minimum atomic E-state index is -3.72. The number of aromatic nitrogens is 4. The fourth-order valence-electron chi connectivity index (χ4n) is 4.70. The van der Waals surface area contributed by atoms with Gasteiger partial charge in [-0.1, -0.05) is 6.07 Å². The van der Waals surface area contributed by atoms with Crippen LogP contribution >= 0.6 is 0 Å². The second-order valence-electron chi connectivity index (χ2n) is 8.96.